The third-order valence-electron chi connectivity index (χ3n) is 1.54. The monoisotopic (exact) mass is 212 g/mol. The maximum absolute atomic E-state index is 11.4. The number of aryl methyl sites for hydroxylation is 1. The third kappa shape index (κ3) is 4.50. The molecule has 1 aromatic heterocycles. The van der Waals surface area contributed by atoms with Crippen molar-refractivity contribution in [2.45, 2.75) is 26.3 Å². The number of amides is 1. The molecule has 0 aliphatic heterocycles. The van der Waals surface area contributed by atoms with E-state index in [2.05, 4.69) is 26.0 Å². The lowest BCUT2D eigenvalue weighted by molar-refractivity contribution is -0.115. The Kier molecular flexibility index (Phi) is 3.35. The lowest BCUT2D eigenvalue weighted by atomic mass is 10.1. The molecule has 0 aromatic carbocycles. The number of aromatic nitrogens is 4. The van der Waals surface area contributed by atoms with Crippen LogP contribution in [0, 0.1) is 0 Å². The number of tetrazole rings is 1. The average molecular weight is 212 g/mol. The molecule has 0 aliphatic rings. The molecule has 7 nitrogen and oxygen atoms in total. The molecule has 0 radical (unpaired) electrons. The van der Waals surface area contributed by atoms with Gasteiger partial charge in [-0.3, -0.25) is 10.1 Å². The predicted molar refractivity (Wildman–Crippen MR) is 55.2 cm³/mol. The van der Waals surface area contributed by atoms with Crippen LogP contribution in [0.2, 0.25) is 0 Å². The van der Waals surface area contributed by atoms with Crippen molar-refractivity contribution in [3.8, 4) is 0 Å². The molecular formula is C8H16N6O. The highest BCUT2D eigenvalue weighted by atomic mass is 16.2. The smallest absolute Gasteiger partial charge is 0.270 e. The summed E-state index contributed by atoms with van der Waals surface area (Å²) < 4.78 is 0. The van der Waals surface area contributed by atoms with Crippen LogP contribution in [0.5, 0.6) is 0 Å². The fraction of sp³-hybridized carbons (Fsp3) is 0.750. The van der Waals surface area contributed by atoms with E-state index in [9.17, 15) is 4.79 Å². The van der Waals surface area contributed by atoms with Crippen molar-refractivity contribution < 1.29 is 4.79 Å². The van der Waals surface area contributed by atoms with E-state index in [0.29, 0.717) is 0 Å². The van der Waals surface area contributed by atoms with Gasteiger partial charge in [0.2, 0.25) is 5.91 Å². The van der Waals surface area contributed by atoms with Gasteiger partial charge in [-0.1, -0.05) is 5.10 Å². The molecule has 0 fully saturated rings. The Morgan fingerprint density at radius 3 is 2.60 bits per heavy atom. The Balaban J connectivity index is 2.37. The first-order valence-corrected chi connectivity index (χ1v) is 4.66. The second kappa shape index (κ2) is 4.35. The molecule has 1 heterocycles. The molecule has 0 spiro atoms. The summed E-state index contributed by atoms with van der Waals surface area (Å²) in [6, 6.07) is 0. The van der Waals surface area contributed by atoms with Gasteiger partial charge in [0.05, 0.1) is 13.6 Å². The lowest BCUT2D eigenvalue weighted by Crippen LogP contribution is -2.41. The van der Waals surface area contributed by atoms with Gasteiger partial charge in [-0.15, -0.1) is 5.10 Å². The predicted octanol–water partition coefficient (Wildman–Crippen LogP) is -0.463. The number of carbonyl (C=O) groups is 1. The molecule has 1 rings (SSSR count). The Bertz CT molecular complexity index is 339. The minimum Gasteiger partial charge on any atom is -0.304 e. The maximum atomic E-state index is 11.4. The van der Waals surface area contributed by atoms with Gasteiger partial charge in [-0.25, -0.2) is 0 Å². The third-order valence-corrected chi connectivity index (χ3v) is 1.54. The van der Waals surface area contributed by atoms with Crippen LogP contribution in [0.4, 0.5) is 5.95 Å². The van der Waals surface area contributed by atoms with Gasteiger partial charge in [0.1, 0.15) is 0 Å². The topological polar surface area (TPSA) is 84.7 Å². The van der Waals surface area contributed by atoms with Crippen molar-refractivity contribution in [2.75, 3.05) is 11.9 Å². The fourth-order valence-corrected chi connectivity index (χ4v) is 0.849. The molecule has 0 aliphatic carbocycles. The molecule has 0 bridgehead atoms. The Morgan fingerprint density at radius 1 is 1.47 bits per heavy atom. The molecule has 84 valence electrons. The fourth-order valence-electron chi connectivity index (χ4n) is 0.849. The minimum atomic E-state index is -0.182. The van der Waals surface area contributed by atoms with Crippen LogP contribution in [0.15, 0.2) is 0 Å². The van der Waals surface area contributed by atoms with Crippen LogP contribution in [0.1, 0.15) is 20.8 Å². The molecule has 2 N–H and O–H groups in total. The van der Waals surface area contributed by atoms with Gasteiger partial charge in [0.25, 0.3) is 5.95 Å². The molecule has 0 atom stereocenters. The summed E-state index contributed by atoms with van der Waals surface area (Å²) in [6.45, 7) is 6.18. The number of anilines is 1. The van der Waals surface area contributed by atoms with Crippen molar-refractivity contribution in [3.63, 3.8) is 0 Å². The summed E-state index contributed by atoms with van der Waals surface area (Å²) in [6.07, 6.45) is 0. The molecular weight excluding hydrogens is 196 g/mol. The zero-order chi connectivity index (χ0) is 11.5. The minimum absolute atomic E-state index is 0.0901. The second-order valence-electron chi connectivity index (χ2n) is 4.25. The highest BCUT2D eigenvalue weighted by molar-refractivity contribution is 5.90. The quantitative estimate of drug-likeness (QED) is 0.708. The first-order chi connectivity index (χ1) is 6.87. The highest BCUT2D eigenvalue weighted by Crippen LogP contribution is 1.97. The van der Waals surface area contributed by atoms with E-state index in [4.69, 9.17) is 0 Å². The van der Waals surface area contributed by atoms with Crippen LogP contribution in [-0.4, -0.2) is 38.2 Å². The van der Waals surface area contributed by atoms with Crippen molar-refractivity contribution >= 4 is 11.9 Å². The normalized spacial score (nSPS) is 11.5. The lowest BCUT2D eigenvalue weighted by Gasteiger charge is -2.19. The van der Waals surface area contributed by atoms with Gasteiger partial charge < -0.3 is 5.32 Å². The number of nitrogens with one attached hydrogen (secondary N) is 2. The summed E-state index contributed by atoms with van der Waals surface area (Å²) in [4.78, 5) is 12.7. The van der Waals surface area contributed by atoms with Crippen molar-refractivity contribution in [1.82, 2.24) is 25.5 Å². The van der Waals surface area contributed by atoms with Crippen LogP contribution < -0.4 is 10.6 Å². The molecule has 15 heavy (non-hydrogen) atoms. The zero-order valence-electron chi connectivity index (χ0n) is 9.40. The van der Waals surface area contributed by atoms with E-state index in [0.717, 1.165) is 0 Å². The molecule has 0 unspecified atom stereocenters. The van der Waals surface area contributed by atoms with Gasteiger partial charge in [-0.2, -0.15) is 4.80 Å². The van der Waals surface area contributed by atoms with Gasteiger partial charge in [0.15, 0.2) is 0 Å². The van der Waals surface area contributed by atoms with Crippen LogP contribution in [-0.2, 0) is 11.8 Å². The first kappa shape index (κ1) is 11.6. The molecule has 0 saturated heterocycles. The van der Waals surface area contributed by atoms with Crippen molar-refractivity contribution in [1.29, 1.82) is 0 Å². The zero-order valence-corrected chi connectivity index (χ0v) is 9.40. The summed E-state index contributed by atoms with van der Waals surface area (Å²) in [5, 5.41) is 16.7. The standard InChI is InChI=1S/C8H16N6O/c1-8(2,3)9-5-6(15)10-7-11-13-14(4)12-7/h9H,5H2,1-4H3,(H,10,12,15). The Labute approximate surface area is 88.2 Å². The van der Waals surface area contributed by atoms with E-state index < -0.39 is 0 Å². The summed E-state index contributed by atoms with van der Waals surface area (Å²) in [5.74, 6) is 0.0381. The maximum Gasteiger partial charge on any atom is 0.270 e. The van der Waals surface area contributed by atoms with Gasteiger partial charge in [0, 0.05) is 5.54 Å². The number of nitrogens with zero attached hydrogens (tertiary/aromatic N) is 4. The van der Waals surface area contributed by atoms with Crippen LogP contribution in [0.3, 0.4) is 0 Å². The van der Waals surface area contributed by atoms with E-state index in [-0.39, 0.29) is 23.9 Å². The molecule has 0 saturated carbocycles. The van der Waals surface area contributed by atoms with Crippen LogP contribution in [0.25, 0.3) is 0 Å². The van der Waals surface area contributed by atoms with E-state index in [1.165, 1.54) is 4.80 Å². The Hall–Kier alpha value is -1.50. The number of hydrogen-bond acceptors (Lipinski definition) is 5. The average Bonchev–Trinajstić information content (AvgIpc) is 2.47. The number of carbonyl (C=O) groups excluding carboxylic acids is 1. The molecule has 7 heteroatoms. The van der Waals surface area contributed by atoms with Crippen molar-refractivity contribution in [2.24, 2.45) is 7.05 Å². The molecule has 1 amide bonds. The highest BCUT2D eigenvalue weighted by Gasteiger charge is 2.12. The second-order valence-corrected chi connectivity index (χ2v) is 4.25. The van der Waals surface area contributed by atoms with Gasteiger partial charge in [-0.05, 0) is 26.0 Å². The molecule has 1 aromatic rings. The van der Waals surface area contributed by atoms with Gasteiger partial charge >= 0.3 is 0 Å². The Morgan fingerprint density at radius 2 is 2.13 bits per heavy atom. The van der Waals surface area contributed by atoms with Crippen molar-refractivity contribution in [3.05, 3.63) is 0 Å². The number of hydrogen-bond donors (Lipinski definition) is 2. The van der Waals surface area contributed by atoms with Crippen LogP contribution >= 0.6 is 0 Å². The largest absolute Gasteiger partial charge is 0.304 e. The summed E-state index contributed by atoms with van der Waals surface area (Å²) in [7, 11) is 1.63. The summed E-state index contributed by atoms with van der Waals surface area (Å²) in [5.41, 5.74) is -0.0901. The first-order valence-electron chi connectivity index (χ1n) is 4.66. The number of rotatable bonds is 3. The summed E-state index contributed by atoms with van der Waals surface area (Å²) >= 11 is 0. The van der Waals surface area contributed by atoms with E-state index in [1.807, 2.05) is 20.8 Å². The SMILES string of the molecule is Cn1nnc(NC(=O)CNC(C)(C)C)n1. The van der Waals surface area contributed by atoms with E-state index >= 15 is 0 Å². The van der Waals surface area contributed by atoms with E-state index in [1.54, 1.807) is 7.05 Å².